The Bertz CT molecular complexity index is 859. The standard InChI is InChI=1S/C20H23N5/c1-13(2)17-6-5-16(11-14(17)3)23-19-12-18(24-20(21-4)25-19)15-7-9-22-10-8-15/h5-13H,1-4H3,(H2,21,23,24,25). The van der Waals surface area contributed by atoms with Crippen LogP contribution in [0.25, 0.3) is 11.3 Å². The maximum atomic E-state index is 4.53. The highest BCUT2D eigenvalue weighted by atomic mass is 15.1. The molecule has 0 bridgehead atoms. The molecule has 1 aromatic carbocycles. The first-order chi connectivity index (χ1) is 12.1. The minimum atomic E-state index is 0.516. The highest BCUT2D eigenvalue weighted by molar-refractivity contribution is 5.67. The lowest BCUT2D eigenvalue weighted by molar-refractivity contribution is 0.857. The van der Waals surface area contributed by atoms with E-state index in [4.69, 9.17) is 0 Å². The third-order valence-electron chi connectivity index (χ3n) is 4.09. The minimum Gasteiger partial charge on any atom is -0.357 e. The Kier molecular flexibility index (Phi) is 4.93. The van der Waals surface area contributed by atoms with E-state index in [9.17, 15) is 0 Å². The SMILES string of the molecule is CNc1nc(Nc2ccc(C(C)C)c(C)c2)cc(-c2ccncc2)n1. The topological polar surface area (TPSA) is 62.7 Å². The molecular formula is C20H23N5. The summed E-state index contributed by atoms with van der Waals surface area (Å²) in [6.45, 7) is 6.56. The van der Waals surface area contributed by atoms with E-state index in [0.29, 0.717) is 11.9 Å². The van der Waals surface area contributed by atoms with Crippen molar-refractivity contribution in [2.24, 2.45) is 0 Å². The fraction of sp³-hybridized carbons (Fsp3) is 0.250. The molecule has 25 heavy (non-hydrogen) atoms. The second kappa shape index (κ2) is 7.30. The molecule has 3 aromatic rings. The number of hydrogen-bond donors (Lipinski definition) is 2. The number of nitrogens with one attached hydrogen (secondary N) is 2. The first-order valence-corrected chi connectivity index (χ1v) is 8.41. The fourth-order valence-corrected chi connectivity index (χ4v) is 2.84. The van der Waals surface area contributed by atoms with Gasteiger partial charge in [0.15, 0.2) is 0 Å². The van der Waals surface area contributed by atoms with Crippen LogP contribution >= 0.6 is 0 Å². The lowest BCUT2D eigenvalue weighted by Gasteiger charge is -2.13. The van der Waals surface area contributed by atoms with Crippen LogP contribution in [0, 0.1) is 6.92 Å². The van der Waals surface area contributed by atoms with Crippen LogP contribution in [-0.4, -0.2) is 22.0 Å². The van der Waals surface area contributed by atoms with Crippen LogP contribution in [0.15, 0.2) is 48.8 Å². The van der Waals surface area contributed by atoms with Crippen LogP contribution < -0.4 is 10.6 Å². The second-order valence-electron chi connectivity index (χ2n) is 6.30. The molecule has 0 aliphatic rings. The Hall–Kier alpha value is -2.95. The molecule has 0 saturated heterocycles. The van der Waals surface area contributed by atoms with Crippen molar-refractivity contribution in [1.82, 2.24) is 15.0 Å². The van der Waals surface area contributed by atoms with Crippen molar-refractivity contribution in [3.63, 3.8) is 0 Å². The molecule has 0 spiro atoms. The summed E-state index contributed by atoms with van der Waals surface area (Å²) in [5.74, 6) is 1.84. The van der Waals surface area contributed by atoms with E-state index in [2.05, 4.69) is 64.6 Å². The molecule has 0 atom stereocenters. The van der Waals surface area contributed by atoms with Crippen molar-refractivity contribution < 1.29 is 0 Å². The van der Waals surface area contributed by atoms with E-state index in [0.717, 1.165) is 22.8 Å². The molecule has 5 nitrogen and oxygen atoms in total. The quantitative estimate of drug-likeness (QED) is 0.705. The Morgan fingerprint density at radius 3 is 2.36 bits per heavy atom. The van der Waals surface area contributed by atoms with Gasteiger partial charge in [-0.25, -0.2) is 4.98 Å². The monoisotopic (exact) mass is 333 g/mol. The van der Waals surface area contributed by atoms with Crippen LogP contribution in [-0.2, 0) is 0 Å². The van der Waals surface area contributed by atoms with Crippen LogP contribution in [0.4, 0.5) is 17.5 Å². The highest BCUT2D eigenvalue weighted by Crippen LogP contribution is 2.26. The van der Waals surface area contributed by atoms with Gasteiger partial charge in [0.25, 0.3) is 0 Å². The van der Waals surface area contributed by atoms with Gasteiger partial charge in [0.1, 0.15) is 5.82 Å². The number of hydrogen-bond acceptors (Lipinski definition) is 5. The van der Waals surface area contributed by atoms with Crippen LogP contribution in [0.3, 0.4) is 0 Å². The van der Waals surface area contributed by atoms with Gasteiger partial charge in [-0.05, 0) is 48.2 Å². The molecule has 5 heteroatoms. The molecule has 0 saturated carbocycles. The number of rotatable bonds is 5. The molecular weight excluding hydrogens is 310 g/mol. The fourth-order valence-electron chi connectivity index (χ4n) is 2.84. The van der Waals surface area contributed by atoms with Crippen LogP contribution in [0.5, 0.6) is 0 Å². The Balaban J connectivity index is 1.93. The first kappa shape index (κ1) is 16.9. The summed E-state index contributed by atoms with van der Waals surface area (Å²) in [6, 6.07) is 12.2. The molecule has 2 heterocycles. The summed E-state index contributed by atoms with van der Waals surface area (Å²) in [5.41, 5.74) is 5.50. The lowest BCUT2D eigenvalue weighted by atomic mass is 9.98. The predicted molar refractivity (Wildman–Crippen MR) is 103 cm³/mol. The molecule has 0 radical (unpaired) electrons. The maximum Gasteiger partial charge on any atom is 0.224 e. The van der Waals surface area contributed by atoms with Gasteiger partial charge in [-0.15, -0.1) is 0 Å². The summed E-state index contributed by atoms with van der Waals surface area (Å²) in [4.78, 5) is 13.1. The molecule has 0 unspecified atom stereocenters. The smallest absolute Gasteiger partial charge is 0.224 e. The van der Waals surface area contributed by atoms with Gasteiger partial charge in [-0.1, -0.05) is 19.9 Å². The Labute approximate surface area is 148 Å². The van der Waals surface area contributed by atoms with Crippen LogP contribution in [0.2, 0.25) is 0 Å². The lowest BCUT2D eigenvalue weighted by Crippen LogP contribution is -2.02. The number of anilines is 3. The number of aryl methyl sites for hydroxylation is 1. The van der Waals surface area contributed by atoms with Crippen molar-refractivity contribution in [3.8, 4) is 11.3 Å². The van der Waals surface area contributed by atoms with E-state index < -0.39 is 0 Å². The summed E-state index contributed by atoms with van der Waals surface area (Å²) in [7, 11) is 1.82. The number of aromatic nitrogens is 3. The normalized spacial score (nSPS) is 10.8. The Morgan fingerprint density at radius 2 is 1.72 bits per heavy atom. The first-order valence-electron chi connectivity index (χ1n) is 8.41. The third-order valence-corrected chi connectivity index (χ3v) is 4.09. The van der Waals surface area contributed by atoms with Crippen molar-refractivity contribution in [1.29, 1.82) is 0 Å². The maximum absolute atomic E-state index is 4.53. The summed E-state index contributed by atoms with van der Waals surface area (Å²) >= 11 is 0. The number of nitrogens with zero attached hydrogens (tertiary/aromatic N) is 3. The van der Waals surface area contributed by atoms with Gasteiger partial charge in [0, 0.05) is 36.8 Å². The molecule has 0 amide bonds. The highest BCUT2D eigenvalue weighted by Gasteiger charge is 2.08. The van der Waals surface area contributed by atoms with Gasteiger partial charge in [-0.3, -0.25) is 4.98 Å². The summed E-state index contributed by atoms with van der Waals surface area (Å²) in [5, 5.41) is 6.41. The van der Waals surface area contributed by atoms with E-state index >= 15 is 0 Å². The largest absolute Gasteiger partial charge is 0.357 e. The van der Waals surface area contributed by atoms with Gasteiger partial charge in [0.05, 0.1) is 5.69 Å². The summed E-state index contributed by atoms with van der Waals surface area (Å²) < 4.78 is 0. The number of benzene rings is 1. The molecule has 2 aromatic heterocycles. The molecule has 3 rings (SSSR count). The van der Waals surface area contributed by atoms with Crippen molar-refractivity contribution in [3.05, 3.63) is 59.9 Å². The molecule has 2 N–H and O–H groups in total. The van der Waals surface area contributed by atoms with E-state index in [1.807, 2.05) is 25.2 Å². The zero-order chi connectivity index (χ0) is 17.8. The predicted octanol–water partition coefficient (Wildman–Crippen LogP) is 4.76. The van der Waals surface area contributed by atoms with E-state index in [-0.39, 0.29) is 0 Å². The van der Waals surface area contributed by atoms with Gasteiger partial charge < -0.3 is 10.6 Å². The average Bonchev–Trinajstić information content (AvgIpc) is 2.62. The molecule has 128 valence electrons. The van der Waals surface area contributed by atoms with Crippen molar-refractivity contribution in [2.75, 3.05) is 17.7 Å². The van der Waals surface area contributed by atoms with Crippen LogP contribution in [0.1, 0.15) is 30.9 Å². The second-order valence-corrected chi connectivity index (χ2v) is 6.30. The summed E-state index contributed by atoms with van der Waals surface area (Å²) in [6.07, 6.45) is 3.52. The van der Waals surface area contributed by atoms with E-state index in [1.165, 1.54) is 11.1 Å². The third kappa shape index (κ3) is 3.94. The molecule has 0 aliphatic carbocycles. The Morgan fingerprint density at radius 1 is 0.960 bits per heavy atom. The van der Waals surface area contributed by atoms with Gasteiger partial charge in [0.2, 0.25) is 5.95 Å². The minimum absolute atomic E-state index is 0.516. The van der Waals surface area contributed by atoms with Crippen molar-refractivity contribution in [2.45, 2.75) is 26.7 Å². The van der Waals surface area contributed by atoms with Gasteiger partial charge >= 0.3 is 0 Å². The zero-order valence-corrected chi connectivity index (χ0v) is 15.0. The van der Waals surface area contributed by atoms with Crippen molar-refractivity contribution >= 4 is 17.5 Å². The molecule has 0 fully saturated rings. The molecule has 0 aliphatic heterocycles. The zero-order valence-electron chi connectivity index (χ0n) is 15.0. The van der Waals surface area contributed by atoms with E-state index in [1.54, 1.807) is 12.4 Å². The van der Waals surface area contributed by atoms with Gasteiger partial charge in [-0.2, -0.15) is 4.98 Å². The average molecular weight is 333 g/mol. The number of pyridine rings is 1.